The molecule has 1 amide bonds. The number of hydrogen-bond donors (Lipinski definition) is 2. The maximum Gasteiger partial charge on any atom is 0.252 e. The van der Waals surface area contributed by atoms with Crippen LogP contribution < -0.4 is 15.2 Å². The fourth-order valence-corrected chi connectivity index (χ4v) is 5.47. The maximum absolute atomic E-state index is 12.7. The molecule has 0 radical (unpaired) electrons. The molecular formula is C17H25N5O4S. The molecule has 0 saturated carbocycles. The lowest BCUT2D eigenvalue weighted by molar-refractivity contribution is -0.148. The number of H-pyrrole nitrogens is 1. The van der Waals surface area contributed by atoms with Crippen molar-refractivity contribution in [3.8, 4) is 0 Å². The fraction of sp³-hybridized carbons (Fsp3) is 0.706. The molecule has 10 heteroatoms. The summed E-state index contributed by atoms with van der Waals surface area (Å²) in [5, 5.41) is 0. The lowest BCUT2D eigenvalue weighted by atomic mass is 9.72. The Hall–Kier alpha value is -1.94. The van der Waals surface area contributed by atoms with Crippen LogP contribution in [-0.2, 0) is 14.8 Å². The van der Waals surface area contributed by atoms with Crippen LogP contribution in [0.1, 0.15) is 25.7 Å². The smallest absolute Gasteiger partial charge is 0.252 e. The summed E-state index contributed by atoms with van der Waals surface area (Å²) in [6, 6.07) is 1.45. The summed E-state index contributed by atoms with van der Waals surface area (Å²) in [4.78, 5) is 35.2. The number of aromatic amines is 1. The van der Waals surface area contributed by atoms with Crippen LogP contribution in [0.2, 0.25) is 0 Å². The summed E-state index contributed by atoms with van der Waals surface area (Å²) in [5.41, 5.74) is -0.194. The largest absolute Gasteiger partial charge is 0.356 e. The number of anilines is 1. The van der Waals surface area contributed by atoms with Crippen molar-refractivity contribution < 1.29 is 13.2 Å². The highest BCUT2D eigenvalue weighted by Gasteiger charge is 2.49. The number of rotatable bonds is 4. The molecule has 0 spiro atoms. The normalized spacial score (nSPS) is 30.9. The quantitative estimate of drug-likeness (QED) is 0.712. The molecule has 1 aromatic rings. The van der Waals surface area contributed by atoms with Crippen molar-refractivity contribution in [3.05, 3.63) is 22.7 Å². The fourth-order valence-electron chi connectivity index (χ4n) is 4.99. The van der Waals surface area contributed by atoms with E-state index in [0.717, 1.165) is 32.1 Å². The molecular weight excluding hydrogens is 370 g/mol. The second-order valence-electron chi connectivity index (χ2n) is 7.88. The molecule has 2 bridgehead atoms. The third kappa shape index (κ3) is 3.73. The van der Waals surface area contributed by atoms with Crippen LogP contribution in [0.5, 0.6) is 0 Å². The molecule has 3 fully saturated rings. The minimum absolute atomic E-state index is 0.124. The van der Waals surface area contributed by atoms with Gasteiger partial charge in [0.1, 0.15) is 5.82 Å². The number of nitrogens with one attached hydrogen (secondary N) is 2. The maximum atomic E-state index is 12.7. The molecule has 3 saturated heterocycles. The van der Waals surface area contributed by atoms with E-state index in [0.29, 0.717) is 24.7 Å². The third-order valence-corrected chi connectivity index (χ3v) is 6.73. The summed E-state index contributed by atoms with van der Waals surface area (Å²) >= 11 is 0. The van der Waals surface area contributed by atoms with Gasteiger partial charge in [-0.2, -0.15) is 0 Å². The number of amides is 1. The first-order valence-electron chi connectivity index (χ1n) is 9.37. The number of carbonyl (C=O) groups excluding carboxylic acids is 1. The predicted octanol–water partition coefficient (Wildman–Crippen LogP) is -0.475. The monoisotopic (exact) mass is 395 g/mol. The summed E-state index contributed by atoms with van der Waals surface area (Å²) in [7, 11) is -3.34. The van der Waals surface area contributed by atoms with Gasteiger partial charge in [-0.3, -0.25) is 9.59 Å². The Bertz CT molecular complexity index is 885. The van der Waals surface area contributed by atoms with Crippen molar-refractivity contribution in [2.45, 2.75) is 37.8 Å². The van der Waals surface area contributed by atoms with Crippen molar-refractivity contribution in [3.63, 3.8) is 0 Å². The highest BCUT2D eigenvalue weighted by Crippen LogP contribution is 2.42. The van der Waals surface area contributed by atoms with E-state index in [-0.39, 0.29) is 36.0 Å². The minimum atomic E-state index is -3.34. The molecule has 4 heterocycles. The molecule has 3 aliphatic rings. The van der Waals surface area contributed by atoms with Crippen molar-refractivity contribution in [2.24, 2.45) is 11.8 Å². The number of aromatic nitrogens is 2. The molecule has 0 aromatic carbocycles. The molecule has 4 rings (SSSR count). The molecule has 3 aliphatic heterocycles. The van der Waals surface area contributed by atoms with Gasteiger partial charge in [0.05, 0.1) is 18.6 Å². The number of nitrogens with zero attached hydrogens (tertiary/aromatic N) is 3. The SMILES string of the molecule is CS(=O)(=O)NC[C@H]1[C@H]2C[C@H](CN(c3cc(=O)[nH]cn3)C2)[C@@H]2CCCC(=O)N21. The zero-order valence-electron chi connectivity index (χ0n) is 15.3. The summed E-state index contributed by atoms with van der Waals surface area (Å²) in [6.07, 6.45) is 5.85. The second kappa shape index (κ2) is 6.90. The van der Waals surface area contributed by atoms with Crippen LogP contribution in [0.15, 0.2) is 17.2 Å². The molecule has 27 heavy (non-hydrogen) atoms. The lowest BCUT2D eigenvalue weighted by Gasteiger charge is -2.56. The summed E-state index contributed by atoms with van der Waals surface area (Å²) < 4.78 is 25.9. The Morgan fingerprint density at radius 3 is 2.81 bits per heavy atom. The first-order valence-corrected chi connectivity index (χ1v) is 11.3. The van der Waals surface area contributed by atoms with Gasteiger partial charge in [0.15, 0.2) is 0 Å². The number of carbonyl (C=O) groups is 1. The highest BCUT2D eigenvalue weighted by atomic mass is 32.2. The zero-order chi connectivity index (χ0) is 19.2. The number of piperidine rings is 3. The first-order chi connectivity index (χ1) is 12.8. The van der Waals surface area contributed by atoms with Crippen LogP contribution in [0, 0.1) is 11.8 Å². The molecule has 4 atom stereocenters. The van der Waals surface area contributed by atoms with Crippen molar-refractivity contribution in [1.82, 2.24) is 19.6 Å². The number of fused-ring (bicyclic) bond motifs is 4. The first kappa shape index (κ1) is 18.4. The van der Waals surface area contributed by atoms with Gasteiger partial charge < -0.3 is 14.8 Å². The van der Waals surface area contributed by atoms with Crippen molar-refractivity contribution >= 4 is 21.7 Å². The van der Waals surface area contributed by atoms with Gasteiger partial charge >= 0.3 is 0 Å². The molecule has 0 unspecified atom stereocenters. The van der Waals surface area contributed by atoms with Crippen LogP contribution in [0.4, 0.5) is 5.82 Å². The highest BCUT2D eigenvalue weighted by molar-refractivity contribution is 7.88. The molecule has 9 nitrogen and oxygen atoms in total. The Morgan fingerprint density at radius 1 is 1.30 bits per heavy atom. The van der Waals surface area contributed by atoms with Crippen molar-refractivity contribution in [1.29, 1.82) is 0 Å². The van der Waals surface area contributed by atoms with E-state index in [1.807, 2.05) is 4.90 Å². The van der Waals surface area contributed by atoms with Gasteiger partial charge in [0.25, 0.3) is 5.56 Å². The van der Waals surface area contributed by atoms with Crippen LogP contribution in [-0.4, -0.2) is 67.2 Å². The van der Waals surface area contributed by atoms with E-state index >= 15 is 0 Å². The van der Waals surface area contributed by atoms with Gasteiger partial charge in [0, 0.05) is 38.2 Å². The zero-order valence-corrected chi connectivity index (χ0v) is 16.1. The van der Waals surface area contributed by atoms with Gasteiger partial charge in [-0.05, 0) is 31.1 Å². The average Bonchev–Trinajstić information content (AvgIpc) is 2.61. The van der Waals surface area contributed by atoms with E-state index in [1.165, 1.54) is 12.4 Å². The molecule has 148 valence electrons. The van der Waals surface area contributed by atoms with Gasteiger partial charge in [0.2, 0.25) is 15.9 Å². The van der Waals surface area contributed by atoms with E-state index in [4.69, 9.17) is 0 Å². The van der Waals surface area contributed by atoms with Gasteiger partial charge in [-0.15, -0.1) is 0 Å². The topological polar surface area (TPSA) is 115 Å². The van der Waals surface area contributed by atoms with E-state index in [9.17, 15) is 18.0 Å². The van der Waals surface area contributed by atoms with Gasteiger partial charge in [-0.25, -0.2) is 18.1 Å². The Kier molecular flexibility index (Phi) is 4.71. The predicted molar refractivity (Wildman–Crippen MR) is 99.8 cm³/mol. The molecule has 0 aliphatic carbocycles. The Labute approximate surface area is 158 Å². The standard InChI is InChI=1S/C17H25N5O4S/c1-27(25,26)20-7-14-12-5-11(13-3-2-4-17(24)22(13)14)8-21(9-12)15-6-16(23)19-10-18-15/h6,10-14,20H,2-5,7-9H2,1H3,(H,18,19,23)/t11-,12+,13+,14+/m1/s1. The molecule has 1 aromatic heterocycles. The van der Waals surface area contributed by atoms with E-state index in [2.05, 4.69) is 19.6 Å². The molecule has 2 N–H and O–H groups in total. The van der Waals surface area contributed by atoms with Crippen LogP contribution >= 0.6 is 0 Å². The van der Waals surface area contributed by atoms with Crippen molar-refractivity contribution in [2.75, 3.05) is 30.8 Å². The summed E-state index contributed by atoms with van der Waals surface area (Å²) in [5.74, 6) is 1.21. The van der Waals surface area contributed by atoms with Gasteiger partial charge in [-0.1, -0.05) is 0 Å². The number of sulfonamides is 1. The Morgan fingerprint density at radius 2 is 2.07 bits per heavy atom. The number of hydrogen-bond acceptors (Lipinski definition) is 6. The summed E-state index contributed by atoms with van der Waals surface area (Å²) in [6.45, 7) is 1.64. The average molecular weight is 395 g/mol. The second-order valence-corrected chi connectivity index (χ2v) is 9.71. The third-order valence-electron chi connectivity index (χ3n) is 6.04. The minimum Gasteiger partial charge on any atom is -0.356 e. The van der Waals surface area contributed by atoms with Crippen LogP contribution in [0.3, 0.4) is 0 Å². The van der Waals surface area contributed by atoms with E-state index in [1.54, 1.807) is 0 Å². The Balaban J connectivity index is 1.63. The van der Waals surface area contributed by atoms with Crippen LogP contribution in [0.25, 0.3) is 0 Å². The lowest BCUT2D eigenvalue weighted by Crippen LogP contribution is -2.67. The van der Waals surface area contributed by atoms with E-state index < -0.39 is 10.0 Å².